The first-order valence-electron chi connectivity index (χ1n) is 12.3. The summed E-state index contributed by atoms with van der Waals surface area (Å²) in [5, 5.41) is 17.6. The van der Waals surface area contributed by atoms with Gasteiger partial charge >= 0.3 is 12.0 Å². The minimum atomic E-state index is -1.07. The molecule has 3 amide bonds. The van der Waals surface area contributed by atoms with Crippen LogP contribution in [0.15, 0.2) is 54.6 Å². The number of carbonyl (C=O) groups excluding carboxylic acids is 2. The van der Waals surface area contributed by atoms with Gasteiger partial charge in [-0.05, 0) is 67.8 Å². The smallest absolute Gasteiger partial charge is 0.335 e. The van der Waals surface area contributed by atoms with Crippen LogP contribution in [0, 0.1) is 13.8 Å². The van der Waals surface area contributed by atoms with E-state index < -0.39 is 12.0 Å². The van der Waals surface area contributed by atoms with Gasteiger partial charge in [0.05, 0.1) is 37.9 Å². The third kappa shape index (κ3) is 7.64. The standard InChI is InChI=1S/C29H33N3O7/c1-17-8-6-7-9-22(17)31-29(36)32-23-12-10-20(19(3)27(23)38-5)15-26(33)30-18(2)16-39-24-13-11-21(28(34)35)14-25(24)37-4/h6-14,18H,15-16H2,1-5H3,(H,30,33)(H,34,35)(H2,31,32,36)/t18-/m1/s1. The van der Waals surface area contributed by atoms with Crippen LogP contribution in [0.5, 0.6) is 17.2 Å². The van der Waals surface area contributed by atoms with Crippen LogP contribution in [-0.4, -0.2) is 49.9 Å². The number of hydrogen-bond acceptors (Lipinski definition) is 6. The molecule has 0 bridgehead atoms. The molecule has 1 atom stereocenters. The first kappa shape index (κ1) is 28.8. The number of carboxylic acids is 1. The van der Waals surface area contributed by atoms with Gasteiger partial charge in [-0.1, -0.05) is 24.3 Å². The topological polar surface area (TPSA) is 135 Å². The van der Waals surface area contributed by atoms with Crippen molar-refractivity contribution in [1.29, 1.82) is 0 Å². The van der Waals surface area contributed by atoms with Crippen LogP contribution in [0.3, 0.4) is 0 Å². The Morgan fingerprint density at radius 3 is 2.28 bits per heavy atom. The molecule has 206 valence electrons. The molecule has 0 spiro atoms. The third-order valence-electron chi connectivity index (χ3n) is 6.02. The number of aromatic carboxylic acids is 1. The summed E-state index contributed by atoms with van der Waals surface area (Å²) in [4.78, 5) is 36.5. The Bertz CT molecular complexity index is 1360. The normalized spacial score (nSPS) is 11.2. The number of rotatable bonds is 11. The van der Waals surface area contributed by atoms with E-state index in [-0.39, 0.29) is 36.3 Å². The predicted octanol–water partition coefficient (Wildman–Crippen LogP) is 4.79. The first-order chi connectivity index (χ1) is 18.6. The predicted molar refractivity (Wildman–Crippen MR) is 148 cm³/mol. The van der Waals surface area contributed by atoms with Crippen molar-refractivity contribution in [3.05, 3.63) is 76.9 Å². The number of nitrogens with one attached hydrogen (secondary N) is 3. The molecule has 0 radical (unpaired) electrons. The van der Waals surface area contributed by atoms with Crippen molar-refractivity contribution in [2.45, 2.75) is 33.2 Å². The van der Waals surface area contributed by atoms with Crippen molar-refractivity contribution in [1.82, 2.24) is 5.32 Å². The summed E-state index contributed by atoms with van der Waals surface area (Å²) in [5.74, 6) is -0.158. The maximum absolute atomic E-state index is 12.7. The molecule has 4 N–H and O–H groups in total. The van der Waals surface area contributed by atoms with E-state index in [9.17, 15) is 14.4 Å². The zero-order valence-corrected chi connectivity index (χ0v) is 22.6. The number of amides is 3. The second kappa shape index (κ2) is 13.2. The van der Waals surface area contributed by atoms with E-state index in [2.05, 4.69) is 16.0 Å². The molecule has 10 heteroatoms. The third-order valence-corrected chi connectivity index (χ3v) is 6.02. The van der Waals surface area contributed by atoms with Crippen molar-refractivity contribution < 1.29 is 33.7 Å². The highest BCUT2D eigenvalue weighted by Crippen LogP contribution is 2.32. The second-order valence-electron chi connectivity index (χ2n) is 8.95. The number of para-hydroxylation sites is 1. The Morgan fingerprint density at radius 1 is 0.897 bits per heavy atom. The fourth-order valence-electron chi connectivity index (χ4n) is 3.95. The molecule has 3 rings (SSSR count). The van der Waals surface area contributed by atoms with Gasteiger partial charge in [0.15, 0.2) is 11.5 Å². The zero-order chi connectivity index (χ0) is 28.5. The molecule has 3 aromatic carbocycles. The van der Waals surface area contributed by atoms with Gasteiger partial charge in [-0.25, -0.2) is 9.59 Å². The molecule has 3 aromatic rings. The molecule has 0 saturated heterocycles. The molecule has 0 aromatic heterocycles. The van der Waals surface area contributed by atoms with Crippen LogP contribution in [0.4, 0.5) is 16.2 Å². The molecule has 0 unspecified atom stereocenters. The van der Waals surface area contributed by atoms with Gasteiger partial charge in [0, 0.05) is 5.69 Å². The van der Waals surface area contributed by atoms with E-state index in [1.54, 1.807) is 19.1 Å². The average Bonchev–Trinajstić information content (AvgIpc) is 2.90. The molecule has 39 heavy (non-hydrogen) atoms. The van der Waals surface area contributed by atoms with Gasteiger partial charge < -0.3 is 35.3 Å². The van der Waals surface area contributed by atoms with Crippen molar-refractivity contribution in [2.75, 3.05) is 31.5 Å². The number of ether oxygens (including phenoxy) is 3. The van der Waals surface area contributed by atoms with Crippen LogP contribution in [0.1, 0.15) is 34.0 Å². The Hall–Kier alpha value is -4.73. The Balaban J connectivity index is 1.59. The van der Waals surface area contributed by atoms with Crippen molar-refractivity contribution in [2.24, 2.45) is 0 Å². The molecule has 0 aliphatic carbocycles. The summed E-state index contributed by atoms with van der Waals surface area (Å²) in [6, 6.07) is 14.5. The minimum Gasteiger partial charge on any atom is -0.494 e. The average molecular weight is 536 g/mol. The second-order valence-corrected chi connectivity index (χ2v) is 8.95. The van der Waals surface area contributed by atoms with Crippen molar-refractivity contribution >= 4 is 29.3 Å². The van der Waals surface area contributed by atoms with E-state index >= 15 is 0 Å². The maximum atomic E-state index is 12.7. The highest BCUT2D eigenvalue weighted by atomic mass is 16.5. The van der Waals surface area contributed by atoms with Gasteiger partial charge in [0.1, 0.15) is 12.4 Å². The summed E-state index contributed by atoms with van der Waals surface area (Å²) >= 11 is 0. The lowest BCUT2D eigenvalue weighted by molar-refractivity contribution is -0.121. The van der Waals surface area contributed by atoms with Gasteiger partial charge in [-0.3, -0.25) is 4.79 Å². The summed E-state index contributed by atoms with van der Waals surface area (Å²) < 4.78 is 16.5. The highest BCUT2D eigenvalue weighted by molar-refractivity contribution is 6.01. The van der Waals surface area contributed by atoms with E-state index in [4.69, 9.17) is 19.3 Å². The van der Waals surface area contributed by atoms with Crippen LogP contribution >= 0.6 is 0 Å². The van der Waals surface area contributed by atoms with E-state index in [0.717, 1.165) is 16.7 Å². The lowest BCUT2D eigenvalue weighted by Crippen LogP contribution is -2.37. The number of anilines is 2. The highest BCUT2D eigenvalue weighted by Gasteiger charge is 2.17. The number of hydrogen-bond donors (Lipinski definition) is 4. The summed E-state index contributed by atoms with van der Waals surface area (Å²) in [7, 11) is 2.93. The minimum absolute atomic E-state index is 0.0829. The lowest BCUT2D eigenvalue weighted by atomic mass is 10.0. The van der Waals surface area contributed by atoms with Gasteiger partial charge in [0.25, 0.3) is 0 Å². The van der Waals surface area contributed by atoms with E-state index in [1.807, 2.05) is 38.1 Å². The number of aryl methyl sites for hydroxylation is 1. The van der Waals surface area contributed by atoms with Crippen molar-refractivity contribution in [3.63, 3.8) is 0 Å². The lowest BCUT2D eigenvalue weighted by Gasteiger charge is -2.18. The molecule has 0 aliphatic heterocycles. The van der Waals surface area contributed by atoms with Crippen LogP contribution in [0.25, 0.3) is 0 Å². The molecular weight excluding hydrogens is 502 g/mol. The molecular formula is C29H33N3O7. The monoisotopic (exact) mass is 535 g/mol. The van der Waals surface area contributed by atoms with Crippen LogP contribution in [0.2, 0.25) is 0 Å². The van der Waals surface area contributed by atoms with Crippen LogP contribution in [-0.2, 0) is 11.2 Å². The molecule has 0 saturated carbocycles. The summed E-state index contributed by atoms with van der Waals surface area (Å²) in [6.07, 6.45) is 0.0961. The molecule has 0 aliphatic rings. The SMILES string of the molecule is COc1cc(C(=O)O)ccc1OC[C@@H](C)NC(=O)Cc1ccc(NC(=O)Nc2ccccc2C)c(OC)c1C. The van der Waals surface area contributed by atoms with Gasteiger partial charge in [-0.2, -0.15) is 0 Å². The first-order valence-corrected chi connectivity index (χ1v) is 12.3. The fraction of sp³-hybridized carbons (Fsp3) is 0.276. The number of benzene rings is 3. The van der Waals surface area contributed by atoms with Gasteiger partial charge in [0.2, 0.25) is 5.91 Å². The van der Waals surface area contributed by atoms with Gasteiger partial charge in [-0.15, -0.1) is 0 Å². The number of carboxylic acid groups (broad SMARTS) is 1. The van der Waals surface area contributed by atoms with E-state index in [1.165, 1.54) is 32.4 Å². The zero-order valence-electron chi connectivity index (χ0n) is 22.6. The molecule has 0 fully saturated rings. The summed E-state index contributed by atoms with van der Waals surface area (Å²) in [6.45, 7) is 5.67. The Labute approximate surface area is 227 Å². The quantitative estimate of drug-likeness (QED) is 0.277. The fourth-order valence-corrected chi connectivity index (χ4v) is 3.95. The number of carbonyl (C=O) groups is 3. The number of methoxy groups -OCH3 is 2. The summed E-state index contributed by atoms with van der Waals surface area (Å²) in [5.41, 5.74) is 3.68. The van der Waals surface area contributed by atoms with E-state index in [0.29, 0.717) is 22.9 Å². The largest absolute Gasteiger partial charge is 0.494 e. The van der Waals surface area contributed by atoms with Crippen molar-refractivity contribution in [3.8, 4) is 17.2 Å². The van der Waals surface area contributed by atoms with Crippen LogP contribution < -0.4 is 30.2 Å². The Morgan fingerprint density at radius 2 is 1.62 bits per heavy atom. The molecule has 0 heterocycles. The maximum Gasteiger partial charge on any atom is 0.335 e. The molecule has 10 nitrogen and oxygen atoms in total. The number of urea groups is 1. The Kier molecular flexibility index (Phi) is 9.75.